The van der Waals surface area contributed by atoms with Crippen LogP contribution in [-0.2, 0) is 27.6 Å². The Labute approximate surface area is 235 Å². The number of halogens is 3. The number of fused-ring (bicyclic) bond motifs is 3. The van der Waals surface area contributed by atoms with Crippen LogP contribution < -0.4 is 14.5 Å². The number of likely N-dealkylation sites (N-methyl/N-ethyl adjacent to an activating group) is 2. The normalized spacial score (nSPS) is 21.9. The molecule has 0 saturated heterocycles. The predicted molar refractivity (Wildman–Crippen MR) is 150 cm³/mol. The highest BCUT2D eigenvalue weighted by Crippen LogP contribution is 2.52. The molecule has 0 fully saturated rings. The molecule has 3 aromatic rings. The third kappa shape index (κ3) is 3.99. The van der Waals surface area contributed by atoms with Gasteiger partial charge in [-0.2, -0.15) is 18.3 Å². The van der Waals surface area contributed by atoms with Crippen molar-refractivity contribution in [3.8, 4) is 5.75 Å². The van der Waals surface area contributed by atoms with Gasteiger partial charge in [0.1, 0.15) is 5.75 Å². The number of benzene rings is 3. The van der Waals surface area contributed by atoms with Crippen LogP contribution in [0.5, 0.6) is 5.75 Å². The number of hydrogen-bond acceptors (Lipinski definition) is 5. The van der Waals surface area contributed by atoms with Crippen molar-refractivity contribution >= 4 is 35.1 Å². The number of hydrazone groups is 1. The molecule has 212 valence electrons. The molecule has 0 saturated carbocycles. The molecule has 3 aromatic carbocycles. The number of para-hydroxylation sites is 1. The number of rotatable bonds is 4. The molecule has 2 atom stereocenters. The van der Waals surface area contributed by atoms with E-state index in [0.717, 1.165) is 23.3 Å². The molecule has 2 unspecified atom stereocenters. The molecule has 0 N–H and O–H groups in total. The molecular weight excluding hydrogens is 533 g/mol. The number of ether oxygens (including phenoxy) is 1. The zero-order chi connectivity index (χ0) is 29.1. The number of anilines is 3. The molecule has 1 spiro atoms. The van der Waals surface area contributed by atoms with E-state index in [1.165, 1.54) is 15.9 Å². The molecule has 41 heavy (non-hydrogen) atoms. The van der Waals surface area contributed by atoms with Gasteiger partial charge in [0.05, 0.1) is 24.0 Å². The summed E-state index contributed by atoms with van der Waals surface area (Å²) in [7, 11) is 3.45. The summed E-state index contributed by atoms with van der Waals surface area (Å²) in [6.45, 7) is 2.55. The van der Waals surface area contributed by atoms with E-state index in [4.69, 9.17) is 4.74 Å². The lowest BCUT2D eigenvalue weighted by Crippen LogP contribution is -2.53. The van der Waals surface area contributed by atoms with Gasteiger partial charge in [-0.1, -0.05) is 24.3 Å². The lowest BCUT2D eigenvalue weighted by atomic mass is 9.78. The first-order chi connectivity index (χ1) is 19.6. The first kappa shape index (κ1) is 26.9. The van der Waals surface area contributed by atoms with Crippen LogP contribution in [0.4, 0.5) is 30.2 Å². The first-order valence-electron chi connectivity index (χ1n) is 13.5. The Hall–Kier alpha value is -4.34. The summed E-state index contributed by atoms with van der Waals surface area (Å²) in [4.78, 5) is 32.3. The molecule has 0 radical (unpaired) electrons. The molecule has 3 aliphatic rings. The molecule has 1 aliphatic carbocycles. The Bertz CT molecular complexity index is 1570. The van der Waals surface area contributed by atoms with Crippen molar-refractivity contribution in [1.29, 1.82) is 0 Å². The maximum atomic E-state index is 14.9. The third-order valence-electron chi connectivity index (χ3n) is 8.37. The summed E-state index contributed by atoms with van der Waals surface area (Å²) in [5, 5.41) is 6.21. The second-order valence-electron chi connectivity index (χ2n) is 10.6. The summed E-state index contributed by atoms with van der Waals surface area (Å²) >= 11 is 0. The highest BCUT2D eigenvalue weighted by atomic mass is 19.4. The fraction of sp³-hybridized carbons (Fsp3) is 0.323. The van der Waals surface area contributed by atoms with Crippen LogP contribution in [0.15, 0.2) is 65.8 Å². The van der Waals surface area contributed by atoms with Crippen LogP contribution in [0.2, 0.25) is 0 Å². The van der Waals surface area contributed by atoms with Gasteiger partial charge in [0, 0.05) is 43.5 Å². The van der Waals surface area contributed by atoms with E-state index in [9.17, 15) is 22.8 Å². The number of carbonyl (C=O) groups is 2. The van der Waals surface area contributed by atoms with E-state index in [-0.39, 0.29) is 30.3 Å². The average Bonchev–Trinajstić information content (AvgIpc) is 3.56. The molecule has 7 nitrogen and oxygen atoms in total. The first-order valence-corrected chi connectivity index (χ1v) is 13.5. The predicted octanol–water partition coefficient (Wildman–Crippen LogP) is 5.64. The lowest BCUT2D eigenvalue weighted by molar-refractivity contribution is -0.138. The molecular formula is C31H29F3N4O3. The third-order valence-corrected chi connectivity index (χ3v) is 8.37. The van der Waals surface area contributed by atoms with Crippen molar-refractivity contribution in [2.75, 3.05) is 37.0 Å². The molecule has 2 amide bonds. The van der Waals surface area contributed by atoms with Gasteiger partial charge in [0.15, 0.2) is 5.41 Å². The minimum atomic E-state index is -4.63. The zero-order valence-corrected chi connectivity index (χ0v) is 22.9. The van der Waals surface area contributed by atoms with Crippen molar-refractivity contribution in [2.24, 2.45) is 5.10 Å². The van der Waals surface area contributed by atoms with Crippen molar-refractivity contribution in [3.05, 3.63) is 82.9 Å². The number of carbonyl (C=O) groups excluding carboxylic acids is 2. The van der Waals surface area contributed by atoms with Crippen molar-refractivity contribution < 1.29 is 27.5 Å². The summed E-state index contributed by atoms with van der Waals surface area (Å²) in [6.07, 6.45) is -2.19. The maximum Gasteiger partial charge on any atom is 0.416 e. The summed E-state index contributed by atoms with van der Waals surface area (Å²) in [5.74, 6) is -0.477. The Kier molecular flexibility index (Phi) is 6.32. The van der Waals surface area contributed by atoms with Crippen LogP contribution in [0.3, 0.4) is 0 Å². The van der Waals surface area contributed by atoms with Gasteiger partial charge in [-0.3, -0.25) is 19.5 Å². The van der Waals surface area contributed by atoms with Gasteiger partial charge in [-0.05, 0) is 67.3 Å². The fourth-order valence-electron chi connectivity index (χ4n) is 6.51. The second kappa shape index (κ2) is 9.64. The van der Waals surface area contributed by atoms with E-state index in [1.807, 2.05) is 18.3 Å². The van der Waals surface area contributed by atoms with Crippen molar-refractivity contribution in [1.82, 2.24) is 5.01 Å². The number of alkyl halides is 3. The van der Waals surface area contributed by atoms with Crippen LogP contribution in [-0.4, -0.2) is 50.3 Å². The average molecular weight is 563 g/mol. The number of methoxy groups -OCH3 is 1. The standard InChI is InChI=1S/C31H29F3N4O3/c1-4-37-24-12-10-20(31(32,33)34)16-25(24)38(21-8-6-5-7-9-21)29(40)30(28(37)39)15-14-22-23(30)11-13-26(41-3)27(22)19-17-35-36(2)18-19/h5-13,16-17,19H,4,14-15,18H2,1-3H3. The van der Waals surface area contributed by atoms with Gasteiger partial charge in [0.2, 0.25) is 5.91 Å². The van der Waals surface area contributed by atoms with Gasteiger partial charge in [0.25, 0.3) is 5.91 Å². The van der Waals surface area contributed by atoms with Crippen molar-refractivity contribution in [2.45, 2.75) is 37.3 Å². The topological polar surface area (TPSA) is 65.5 Å². The van der Waals surface area contributed by atoms with Crippen LogP contribution in [0, 0.1) is 0 Å². The molecule has 10 heteroatoms. The number of amides is 2. The number of nitrogens with zero attached hydrogens (tertiary/aromatic N) is 4. The minimum Gasteiger partial charge on any atom is -0.496 e. The van der Waals surface area contributed by atoms with E-state index >= 15 is 0 Å². The quantitative estimate of drug-likeness (QED) is 0.386. The van der Waals surface area contributed by atoms with Crippen LogP contribution in [0.1, 0.15) is 41.5 Å². The van der Waals surface area contributed by atoms with Gasteiger partial charge >= 0.3 is 6.18 Å². The Balaban J connectivity index is 1.62. The van der Waals surface area contributed by atoms with E-state index in [1.54, 1.807) is 56.5 Å². The highest BCUT2D eigenvalue weighted by Gasteiger charge is 2.58. The Morgan fingerprint density at radius 3 is 2.41 bits per heavy atom. The minimum absolute atomic E-state index is 0.0230. The zero-order valence-electron chi connectivity index (χ0n) is 22.9. The Morgan fingerprint density at radius 1 is 1.02 bits per heavy atom. The summed E-state index contributed by atoms with van der Waals surface area (Å²) in [6, 6.07) is 15.3. The molecule has 2 aliphatic heterocycles. The smallest absolute Gasteiger partial charge is 0.416 e. The van der Waals surface area contributed by atoms with Gasteiger partial charge < -0.3 is 9.64 Å². The molecule has 2 heterocycles. The monoisotopic (exact) mass is 562 g/mol. The maximum absolute atomic E-state index is 14.9. The largest absolute Gasteiger partial charge is 0.496 e. The molecule has 0 aromatic heterocycles. The van der Waals surface area contributed by atoms with Crippen molar-refractivity contribution in [3.63, 3.8) is 0 Å². The Morgan fingerprint density at radius 2 is 1.78 bits per heavy atom. The van der Waals surface area contributed by atoms with Gasteiger partial charge in [-0.25, -0.2) is 0 Å². The summed E-state index contributed by atoms with van der Waals surface area (Å²) in [5.41, 5.74) is 0.426. The summed E-state index contributed by atoms with van der Waals surface area (Å²) < 4.78 is 47.5. The SMILES string of the molecule is CCN1C(=O)C2(CCc3c2ccc(OC)c3C2C=NN(C)C2)C(=O)N(c2ccccc2)c2cc(C(F)(F)F)ccc21. The van der Waals surface area contributed by atoms with E-state index < -0.39 is 29.0 Å². The molecule has 6 rings (SSSR count). The number of hydrogen-bond donors (Lipinski definition) is 0. The molecule has 0 bridgehead atoms. The fourth-order valence-corrected chi connectivity index (χ4v) is 6.51. The van der Waals surface area contributed by atoms with Crippen LogP contribution in [0.25, 0.3) is 0 Å². The van der Waals surface area contributed by atoms with E-state index in [0.29, 0.717) is 30.0 Å². The lowest BCUT2D eigenvalue weighted by Gasteiger charge is -2.33. The second-order valence-corrected chi connectivity index (χ2v) is 10.6. The highest BCUT2D eigenvalue weighted by molar-refractivity contribution is 6.27. The van der Waals surface area contributed by atoms with Crippen LogP contribution >= 0.6 is 0 Å². The van der Waals surface area contributed by atoms with Gasteiger partial charge in [-0.15, -0.1) is 0 Å². The van der Waals surface area contributed by atoms with E-state index in [2.05, 4.69) is 5.10 Å².